The zero-order chi connectivity index (χ0) is 22.1. The fourth-order valence-corrected chi connectivity index (χ4v) is 4.98. The lowest BCUT2D eigenvalue weighted by Gasteiger charge is -2.20. The molecule has 3 heterocycles. The molecule has 4 rings (SSSR count). The average molecular weight is 455 g/mol. The Kier molecular flexibility index (Phi) is 5.84. The Bertz CT molecular complexity index is 1240. The number of nitrogens with zero attached hydrogens (tertiary/aromatic N) is 5. The summed E-state index contributed by atoms with van der Waals surface area (Å²) in [5.41, 5.74) is 4.67. The molecule has 1 aromatic carbocycles. The van der Waals surface area contributed by atoms with Gasteiger partial charge < -0.3 is 10.3 Å². The van der Waals surface area contributed by atoms with Gasteiger partial charge in [-0.05, 0) is 38.5 Å². The molecule has 0 spiro atoms. The first-order valence-corrected chi connectivity index (χ1v) is 11.4. The molecule has 0 bridgehead atoms. The van der Waals surface area contributed by atoms with Crippen LogP contribution in [0.5, 0.6) is 0 Å². The predicted molar refractivity (Wildman–Crippen MR) is 123 cm³/mol. The van der Waals surface area contributed by atoms with Gasteiger partial charge in [0.05, 0.1) is 23.2 Å². The average Bonchev–Trinajstić information content (AvgIpc) is 3.43. The molecule has 0 fully saturated rings. The Hall–Kier alpha value is -3.11. The number of amides is 1. The van der Waals surface area contributed by atoms with Crippen LogP contribution in [0.3, 0.4) is 0 Å². The van der Waals surface area contributed by atoms with Crippen LogP contribution in [0.25, 0.3) is 11.4 Å². The van der Waals surface area contributed by atoms with Crippen molar-refractivity contribution in [1.29, 1.82) is 0 Å². The zero-order valence-corrected chi connectivity index (χ0v) is 19.3. The molecular formula is C21H22N6O2S2. The maximum atomic E-state index is 12.4. The lowest BCUT2D eigenvalue weighted by atomic mass is 10.1. The SMILES string of the molecule is CC(=O)N(c1nc(CSc2nnc(-c3ccoc3C)n2N)cs1)c1ccc(C)cc1C. The first-order chi connectivity index (χ1) is 14.8. The third-order valence-electron chi connectivity index (χ3n) is 4.75. The molecule has 0 aliphatic carbocycles. The number of carbonyl (C=O) groups is 1. The van der Waals surface area contributed by atoms with Crippen LogP contribution in [0.2, 0.25) is 0 Å². The van der Waals surface area contributed by atoms with Crippen molar-refractivity contribution in [1.82, 2.24) is 19.9 Å². The van der Waals surface area contributed by atoms with Crippen LogP contribution >= 0.6 is 23.1 Å². The number of nitrogen functional groups attached to an aromatic ring is 1. The number of thiazole rings is 1. The predicted octanol–water partition coefficient (Wildman–Crippen LogP) is 4.61. The van der Waals surface area contributed by atoms with Crippen LogP contribution in [0, 0.1) is 20.8 Å². The van der Waals surface area contributed by atoms with E-state index in [2.05, 4.69) is 21.2 Å². The topological polar surface area (TPSA) is 103 Å². The van der Waals surface area contributed by atoms with E-state index in [1.54, 1.807) is 18.1 Å². The van der Waals surface area contributed by atoms with Gasteiger partial charge in [0.15, 0.2) is 11.0 Å². The van der Waals surface area contributed by atoms with Crippen LogP contribution < -0.4 is 10.7 Å². The number of carbonyl (C=O) groups excluding carboxylic acids is 1. The van der Waals surface area contributed by atoms with Crippen LogP contribution in [0.1, 0.15) is 29.5 Å². The van der Waals surface area contributed by atoms with E-state index in [0.717, 1.165) is 33.8 Å². The molecule has 1 amide bonds. The number of furan rings is 1. The number of hydrogen-bond donors (Lipinski definition) is 1. The third-order valence-corrected chi connectivity index (χ3v) is 6.60. The minimum absolute atomic E-state index is 0.0812. The molecule has 3 aromatic heterocycles. The van der Waals surface area contributed by atoms with Crippen molar-refractivity contribution < 1.29 is 9.21 Å². The summed E-state index contributed by atoms with van der Waals surface area (Å²) in [4.78, 5) is 18.7. The van der Waals surface area contributed by atoms with E-state index < -0.39 is 0 Å². The molecule has 0 aliphatic heterocycles. The maximum absolute atomic E-state index is 12.4. The smallest absolute Gasteiger partial charge is 0.230 e. The number of benzene rings is 1. The highest BCUT2D eigenvalue weighted by molar-refractivity contribution is 7.98. The summed E-state index contributed by atoms with van der Waals surface area (Å²) >= 11 is 2.87. The molecule has 0 saturated carbocycles. The van der Waals surface area contributed by atoms with Gasteiger partial charge in [0, 0.05) is 18.1 Å². The highest BCUT2D eigenvalue weighted by Gasteiger charge is 2.21. The van der Waals surface area contributed by atoms with Crippen LogP contribution in [0.4, 0.5) is 10.8 Å². The van der Waals surface area contributed by atoms with Gasteiger partial charge in [0.1, 0.15) is 5.76 Å². The number of nitrogens with two attached hydrogens (primary N) is 1. The fraction of sp³-hybridized carbons (Fsp3) is 0.238. The quantitative estimate of drug-likeness (QED) is 0.335. The lowest BCUT2D eigenvalue weighted by Crippen LogP contribution is -2.23. The first kappa shape index (κ1) is 21.1. The van der Waals surface area contributed by atoms with Gasteiger partial charge >= 0.3 is 0 Å². The number of aromatic nitrogens is 4. The Morgan fingerprint density at radius 3 is 2.74 bits per heavy atom. The second-order valence-electron chi connectivity index (χ2n) is 7.12. The van der Waals surface area contributed by atoms with Crippen LogP contribution in [-0.4, -0.2) is 25.8 Å². The van der Waals surface area contributed by atoms with Crippen molar-refractivity contribution in [3.05, 3.63) is 58.5 Å². The van der Waals surface area contributed by atoms with E-state index in [4.69, 9.17) is 10.3 Å². The van der Waals surface area contributed by atoms with Crippen molar-refractivity contribution in [2.24, 2.45) is 0 Å². The van der Waals surface area contributed by atoms with Crippen LogP contribution in [-0.2, 0) is 10.5 Å². The van der Waals surface area contributed by atoms with Crippen molar-refractivity contribution in [2.75, 3.05) is 10.7 Å². The molecule has 4 aromatic rings. The molecule has 0 aliphatic rings. The van der Waals surface area contributed by atoms with E-state index >= 15 is 0 Å². The third kappa shape index (κ3) is 4.21. The summed E-state index contributed by atoms with van der Waals surface area (Å²) in [5, 5.41) is 11.5. The van der Waals surface area contributed by atoms with Crippen molar-refractivity contribution in [3.63, 3.8) is 0 Å². The van der Waals surface area contributed by atoms with Crippen molar-refractivity contribution in [2.45, 2.75) is 38.6 Å². The first-order valence-electron chi connectivity index (χ1n) is 9.55. The molecule has 0 radical (unpaired) electrons. The second-order valence-corrected chi connectivity index (χ2v) is 8.90. The number of rotatable bonds is 6. The molecule has 31 heavy (non-hydrogen) atoms. The summed E-state index contributed by atoms with van der Waals surface area (Å²) < 4.78 is 6.78. The Morgan fingerprint density at radius 1 is 1.26 bits per heavy atom. The minimum atomic E-state index is -0.0812. The maximum Gasteiger partial charge on any atom is 0.230 e. The molecular weight excluding hydrogens is 432 g/mol. The minimum Gasteiger partial charge on any atom is -0.469 e. The summed E-state index contributed by atoms with van der Waals surface area (Å²) in [6.45, 7) is 7.43. The van der Waals surface area contributed by atoms with E-state index in [1.165, 1.54) is 27.8 Å². The normalized spacial score (nSPS) is 11.1. The number of hydrogen-bond acceptors (Lipinski definition) is 8. The Balaban J connectivity index is 1.52. The largest absolute Gasteiger partial charge is 0.469 e. The second kappa shape index (κ2) is 8.56. The monoisotopic (exact) mass is 454 g/mol. The Labute approximate surface area is 188 Å². The van der Waals surface area contributed by atoms with Crippen molar-refractivity contribution in [3.8, 4) is 11.4 Å². The Morgan fingerprint density at radius 2 is 2.06 bits per heavy atom. The van der Waals surface area contributed by atoms with E-state index in [9.17, 15) is 4.79 Å². The molecule has 10 heteroatoms. The molecule has 0 unspecified atom stereocenters. The highest BCUT2D eigenvalue weighted by atomic mass is 32.2. The highest BCUT2D eigenvalue weighted by Crippen LogP contribution is 2.33. The van der Waals surface area contributed by atoms with Gasteiger partial charge in [-0.15, -0.1) is 21.5 Å². The molecule has 0 atom stereocenters. The fourth-order valence-electron chi connectivity index (χ4n) is 3.24. The van der Waals surface area contributed by atoms with Gasteiger partial charge in [0.25, 0.3) is 0 Å². The molecule has 0 saturated heterocycles. The van der Waals surface area contributed by atoms with Gasteiger partial charge in [-0.2, -0.15) is 0 Å². The summed E-state index contributed by atoms with van der Waals surface area (Å²) in [7, 11) is 0. The lowest BCUT2D eigenvalue weighted by molar-refractivity contribution is -0.115. The van der Waals surface area contributed by atoms with Crippen LogP contribution in [0.15, 0.2) is 45.5 Å². The molecule has 2 N–H and O–H groups in total. The van der Waals surface area contributed by atoms with E-state index in [-0.39, 0.29) is 5.91 Å². The number of anilines is 2. The summed E-state index contributed by atoms with van der Waals surface area (Å²) in [5.74, 6) is 7.93. The summed E-state index contributed by atoms with van der Waals surface area (Å²) in [6, 6.07) is 7.82. The van der Waals surface area contributed by atoms with Gasteiger partial charge in [-0.1, -0.05) is 29.5 Å². The standard InChI is InChI=1S/C21H22N6O2S2/c1-12-5-6-18(13(2)9-12)26(15(4)28)20-23-16(10-30-20)11-31-21-25-24-19(27(21)22)17-7-8-29-14(17)3/h5-10H,11,22H2,1-4H3. The van der Waals surface area contributed by atoms with E-state index in [0.29, 0.717) is 21.9 Å². The summed E-state index contributed by atoms with van der Waals surface area (Å²) in [6.07, 6.45) is 1.60. The van der Waals surface area contributed by atoms with Gasteiger partial charge in [0.2, 0.25) is 11.1 Å². The molecule has 8 nitrogen and oxygen atoms in total. The zero-order valence-electron chi connectivity index (χ0n) is 17.6. The molecule has 160 valence electrons. The number of thioether (sulfide) groups is 1. The van der Waals surface area contributed by atoms with E-state index in [1.807, 2.05) is 44.4 Å². The van der Waals surface area contributed by atoms with Gasteiger partial charge in [-0.25, -0.2) is 9.66 Å². The van der Waals surface area contributed by atoms with Crippen molar-refractivity contribution >= 4 is 39.8 Å². The number of aryl methyl sites for hydroxylation is 3. The van der Waals surface area contributed by atoms with Gasteiger partial charge in [-0.3, -0.25) is 9.69 Å².